The molecule has 56 heavy (non-hydrogen) atoms. The molecule has 262 valence electrons. The van der Waals surface area contributed by atoms with E-state index in [4.69, 9.17) is 24.9 Å². The third-order valence-electron chi connectivity index (χ3n) is 10.2. The zero-order chi connectivity index (χ0) is 42.2. The van der Waals surface area contributed by atoms with Crippen LogP contribution in [-0.4, -0.2) is 19.5 Å². The Kier molecular flexibility index (Phi) is 6.10. The van der Waals surface area contributed by atoms with Crippen molar-refractivity contribution in [1.29, 1.82) is 0 Å². The van der Waals surface area contributed by atoms with Crippen molar-refractivity contribution in [1.82, 2.24) is 19.5 Å². The van der Waals surface area contributed by atoms with E-state index >= 15 is 0 Å². The van der Waals surface area contributed by atoms with Crippen LogP contribution in [0.2, 0.25) is 0 Å². The zero-order valence-corrected chi connectivity index (χ0v) is 29.7. The van der Waals surface area contributed by atoms with Crippen LogP contribution in [-0.2, 0) is 0 Å². The molecule has 0 bridgehead atoms. The SMILES string of the molecule is [2H]c1cc([2H])c2c(c1[2H])c1c([2H])c([2H])cc([2H])c1n2-c1ccc(-c2nc(-c3ccccc3)nc(-c3ccccc3)n2)cc1-c1cccc2c1oc1c(-c3ccccc3)cccc12. The fourth-order valence-electron chi connectivity index (χ4n) is 7.66. The van der Waals surface area contributed by atoms with Gasteiger partial charge in [0.1, 0.15) is 11.2 Å². The fraction of sp³-hybridized carbons (Fsp3) is 0. The van der Waals surface area contributed by atoms with Gasteiger partial charge in [-0.3, -0.25) is 0 Å². The van der Waals surface area contributed by atoms with E-state index in [-0.39, 0.29) is 58.1 Å². The first kappa shape index (κ1) is 26.2. The van der Waals surface area contributed by atoms with Gasteiger partial charge in [0.15, 0.2) is 17.5 Å². The highest BCUT2D eigenvalue weighted by Crippen LogP contribution is 2.44. The minimum absolute atomic E-state index is 0.0514. The lowest BCUT2D eigenvalue weighted by Crippen LogP contribution is -2.02. The Morgan fingerprint density at radius 2 is 0.893 bits per heavy atom. The molecule has 0 fully saturated rings. The Labute approximate surface area is 331 Å². The number of para-hydroxylation sites is 4. The zero-order valence-electron chi connectivity index (χ0n) is 35.7. The van der Waals surface area contributed by atoms with Gasteiger partial charge in [0.05, 0.1) is 24.9 Å². The summed E-state index contributed by atoms with van der Waals surface area (Å²) in [6.07, 6.45) is 0. The summed E-state index contributed by atoms with van der Waals surface area (Å²) >= 11 is 0. The van der Waals surface area contributed by atoms with Gasteiger partial charge in [0.25, 0.3) is 0 Å². The smallest absolute Gasteiger partial charge is 0.164 e. The number of aromatic nitrogens is 4. The van der Waals surface area contributed by atoms with E-state index < -0.39 is 0 Å². The Bertz CT molecular complexity index is 3460. The largest absolute Gasteiger partial charge is 0.455 e. The molecule has 0 unspecified atom stereocenters. The topological polar surface area (TPSA) is 56.7 Å². The fourth-order valence-corrected chi connectivity index (χ4v) is 7.66. The van der Waals surface area contributed by atoms with E-state index in [9.17, 15) is 2.74 Å². The van der Waals surface area contributed by atoms with Crippen LogP contribution in [0.25, 0.3) is 106 Å². The molecule has 11 rings (SSSR count). The first-order valence-electron chi connectivity index (χ1n) is 21.3. The highest BCUT2D eigenvalue weighted by Gasteiger charge is 2.22. The summed E-state index contributed by atoms with van der Waals surface area (Å²) in [7, 11) is 0. The van der Waals surface area contributed by atoms with Gasteiger partial charge in [-0.15, -0.1) is 0 Å². The Balaban J connectivity index is 1.26. The predicted octanol–water partition coefficient (Wildman–Crippen LogP) is 13.2. The molecule has 0 amide bonds. The maximum atomic E-state index is 9.25. The third-order valence-corrected chi connectivity index (χ3v) is 10.2. The van der Waals surface area contributed by atoms with Crippen LogP contribution in [0.3, 0.4) is 0 Å². The Morgan fingerprint density at radius 3 is 1.46 bits per heavy atom. The summed E-state index contributed by atoms with van der Waals surface area (Å²) in [6.45, 7) is 0. The molecule has 0 aliphatic rings. The summed E-state index contributed by atoms with van der Waals surface area (Å²) in [4.78, 5) is 15.0. The van der Waals surface area contributed by atoms with E-state index in [0.29, 0.717) is 45.4 Å². The van der Waals surface area contributed by atoms with Crippen LogP contribution in [0, 0.1) is 0 Å². The second-order valence-corrected chi connectivity index (χ2v) is 13.5. The van der Waals surface area contributed by atoms with Crippen molar-refractivity contribution in [3.63, 3.8) is 0 Å². The second-order valence-electron chi connectivity index (χ2n) is 13.5. The van der Waals surface area contributed by atoms with Gasteiger partial charge in [0.2, 0.25) is 0 Å². The number of fused-ring (bicyclic) bond motifs is 6. The minimum atomic E-state index is -0.184. The first-order valence-corrected chi connectivity index (χ1v) is 18.3. The molecule has 0 N–H and O–H groups in total. The molecule has 0 spiro atoms. The van der Waals surface area contributed by atoms with Gasteiger partial charge in [0, 0.05) is 54.9 Å². The van der Waals surface area contributed by atoms with Crippen LogP contribution < -0.4 is 0 Å². The highest BCUT2D eigenvalue weighted by molar-refractivity contribution is 6.14. The first-order chi connectivity index (χ1) is 30.2. The molecule has 0 saturated carbocycles. The van der Waals surface area contributed by atoms with Crippen molar-refractivity contribution in [3.05, 3.63) is 194 Å². The second kappa shape index (κ2) is 13.0. The Morgan fingerprint density at radius 1 is 0.393 bits per heavy atom. The molecule has 0 radical (unpaired) electrons. The number of hydrogen-bond donors (Lipinski definition) is 0. The van der Waals surface area contributed by atoms with Gasteiger partial charge in [-0.2, -0.15) is 0 Å². The van der Waals surface area contributed by atoms with Crippen molar-refractivity contribution >= 4 is 43.7 Å². The van der Waals surface area contributed by atoms with Gasteiger partial charge < -0.3 is 8.98 Å². The number of nitrogens with zero attached hydrogens (tertiary/aromatic N) is 4. The molecular formula is C51H32N4O. The van der Waals surface area contributed by atoms with Crippen molar-refractivity contribution in [3.8, 4) is 62.1 Å². The molecular weight excluding hydrogens is 685 g/mol. The summed E-state index contributed by atoms with van der Waals surface area (Å²) < 4.78 is 62.5. The number of benzene rings is 8. The molecule has 0 aliphatic heterocycles. The summed E-state index contributed by atoms with van der Waals surface area (Å²) in [5, 5.41) is 2.16. The van der Waals surface area contributed by atoms with Crippen LogP contribution in [0.4, 0.5) is 0 Å². The Hall–Kier alpha value is -7.63. The van der Waals surface area contributed by atoms with Crippen LogP contribution >= 0.6 is 0 Å². The molecule has 11 aromatic rings. The van der Waals surface area contributed by atoms with Gasteiger partial charge in [-0.1, -0.05) is 164 Å². The molecule has 0 saturated heterocycles. The third kappa shape index (κ3) is 5.21. The van der Waals surface area contributed by atoms with Crippen molar-refractivity contribution in [2.75, 3.05) is 0 Å². The number of rotatable bonds is 6. The van der Waals surface area contributed by atoms with Gasteiger partial charge in [-0.05, 0) is 35.8 Å². The van der Waals surface area contributed by atoms with Crippen LogP contribution in [0.1, 0.15) is 8.22 Å². The van der Waals surface area contributed by atoms with Crippen molar-refractivity contribution in [2.45, 2.75) is 0 Å². The average molecular weight is 723 g/mol. The lowest BCUT2D eigenvalue weighted by atomic mass is 9.97. The molecule has 5 heteroatoms. The maximum Gasteiger partial charge on any atom is 0.164 e. The van der Waals surface area contributed by atoms with E-state index in [1.165, 1.54) is 12.1 Å². The summed E-state index contributed by atoms with van der Waals surface area (Å²) in [5.74, 6) is 1.41. The summed E-state index contributed by atoms with van der Waals surface area (Å²) in [5.41, 5.74) is 7.95. The maximum absolute atomic E-state index is 9.25. The lowest BCUT2D eigenvalue weighted by Gasteiger charge is -2.16. The molecule has 5 nitrogen and oxygen atoms in total. The van der Waals surface area contributed by atoms with Gasteiger partial charge in [-0.25, -0.2) is 15.0 Å². The van der Waals surface area contributed by atoms with E-state index in [1.54, 1.807) is 4.57 Å². The minimum Gasteiger partial charge on any atom is -0.455 e. The average Bonchev–Trinajstić information content (AvgIpc) is 3.89. The van der Waals surface area contributed by atoms with Crippen molar-refractivity contribution < 1.29 is 12.6 Å². The number of furan rings is 1. The monoisotopic (exact) mass is 722 g/mol. The van der Waals surface area contributed by atoms with E-state index in [1.807, 2.05) is 133 Å². The number of hydrogen-bond acceptors (Lipinski definition) is 4. The normalized spacial score (nSPS) is 13.1. The highest BCUT2D eigenvalue weighted by atomic mass is 16.3. The van der Waals surface area contributed by atoms with E-state index in [2.05, 4.69) is 12.1 Å². The quantitative estimate of drug-likeness (QED) is 0.171. The standard InChI is InChI=1S/C51H32N4O/c1-4-16-33(17-5-1)37-24-14-25-40-41-26-15-27-42(48(41)56-47(37)40)43-32-36(30-31-46(43)55-44-28-12-10-22-38(44)39-23-11-13-29-45(39)55)51-53-49(34-18-6-2-7-19-34)52-50(54-51)35-20-8-3-9-21-35/h1-32H/i10D,11D,22D,23D,28D,29D. The van der Waals surface area contributed by atoms with Gasteiger partial charge >= 0.3 is 0 Å². The molecule has 0 atom stereocenters. The molecule has 3 heterocycles. The molecule has 3 aromatic heterocycles. The molecule has 0 aliphatic carbocycles. The van der Waals surface area contributed by atoms with Crippen LogP contribution in [0.15, 0.2) is 198 Å². The molecule has 8 aromatic carbocycles. The lowest BCUT2D eigenvalue weighted by molar-refractivity contribution is 0.671. The van der Waals surface area contributed by atoms with Crippen molar-refractivity contribution in [2.24, 2.45) is 0 Å². The van der Waals surface area contributed by atoms with E-state index in [0.717, 1.165) is 38.6 Å². The summed E-state index contributed by atoms with van der Waals surface area (Å²) in [6, 6.07) is 49.2. The predicted molar refractivity (Wildman–Crippen MR) is 229 cm³/mol. The van der Waals surface area contributed by atoms with Crippen LogP contribution in [0.5, 0.6) is 0 Å².